The molecule has 0 fully saturated rings. The topological polar surface area (TPSA) is 95.9 Å². The Hall–Kier alpha value is -3.80. The maximum atomic E-state index is 12.8. The zero-order chi connectivity index (χ0) is 21.5. The molecular weight excluding hydrogens is 382 g/mol. The first-order valence-corrected chi connectivity index (χ1v) is 9.69. The molecule has 0 saturated carbocycles. The molecule has 30 heavy (non-hydrogen) atoms. The van der Waals surface area contributed by atoms with Crippen LogP contribution in [0.25, 0.3) is 11.1 Å². The number of aromatic carboxylic acids is 1. The highest BCUT2D eigenvalue weighted by atomic mass is 16.5. The van der Waals surface area contributed by atoms with Crippen LogP contribution in [0.1, 0.15) is 40.5 Å². The maximum Gasteiger partial charge on any atom is 0.337 e. The molecule has 0 aliphatic carbocycles. The molecule has 0 atom stereocenters. The van der Waals surface area contributed by atoms with Crippen LogP contribution in [0.15, 0.2) is 66.7 Å². The monoisotopic (exact) mass is 405 g/mol. The van der Waals surface area contributed by atoms with Gasteiger partial charge in [-0.15, -0.1) is 0 Å². The van der Waals surface area contributed by atoms with Crippen molar-refractivity contribution in [1.82, 2.24) is 0 Å². The van der Waals surface area contributed by atoms with Crippen LogP contribution in [0, 0.1) is 0 Å². The fraction of sp³-hybridized carbons (Fsp3) is 0.167. The third-order valence-electron chi connectivity index (χ3n) is 4.58. The van der Waals surface area contributed by atoms with Crippen LogP contribution >= 0.6 is 0 Å². The van der Waals surface area contributed by atoms with E-state index in [-0.39, 0.29) is 22.6 Å². The van der Waals surface area contributed by atoms with Gasteiger partial charge in [-0.2, -0.15) is 0 Å². The largest absolute Gasteiger partial charge is 0.507 e. The molecule has 0 spiro atoms. The molecule has 0 aliphatic rings. The molecule has 0 saturated heterocycles. The van der Waals surface area contributed by atoms with Crippen molar-refractivity contribution in [3.05, 3.63) is 77.9 Å². The standard InChI is InChI=1S/C24H23NO5/c1-2-3-13-30-18-10-12-22(26)20(15-18)23(27)25-21-14-17(9-11-19(21)24(28)29)16-7-5-4-6-8-16/h4-12,14-15,26H,2-3,13H2,1H3,(H,25,27)(H,28,29). The summed E-state index contributed by atoms with van der Waals surface area (Å²) in [6.07, 6.45) is 1.85. The number of carboxylic acids is 1. The normalized spacial score (nSPS) is 10.4. The number of aromatic hydroxyl groups is 1. The molecule has 0 unspecified atom stereocenters. The molecule has 3 N–H and O–H groups in total. The second-order valence-electron chi connectivity index (χ2n) is 6.77. The van der Waals surface area contributed by atoms with Crippen LogP contribution in [0.5, 0.6) is 11.5 Å². The quantitative estimate of drug-likeness (QED) is 0.448. The second-order valence-corrected chi connectivity index (χ2v) is 6.77. The molecule has 0 bridgehead atoms. The smallest absolute Gasteiger partial charge is 0.337 e. The van der Waals surface area contributed by atoms with Crippen molar-refractivity contribution in [2.45, 2.75) is 19.8 Å². The van der Waals surface area contributed by atoms with E-state index in [0.717, 1.165) is 24.0 Å². The first-order chi connectivity index (χ1) is 14.5. The van der Waals surface area contributed by atoms with Crippen molar-refractivity contribution in [2.24, 2.45) is 0 Å². The minimum Gasteiger partial charge on any atom is -0.507 e. The average Bonchev–Trinajstić information content (AvgIpc) is 2.75. The number of hydrogen-bond donors (Lipinski definition) is 3. The van der Waals surface area contributed by atoms with Crippen LogP contribution in [0.4, 0.5) is 5.69 Å². The molecule has 0 radical (unpaired) electrons. The van der Waals surface area contributed by atoms with Gasteiger partial charge < -0.3 is 20.3 Å². The third-order valence-corrected chi connectivity index (χ3v) is 4.58. The van der Waals surface area contributed by atoms with Crippen LogP contribution in [0.2, 0.25) is 0 Å². The van der Waals surface area contributed by atoms with Crippen molar-refractivity contribution in [2.75, 3.05) is 11.9 Å². The summed E-state index contributed by atoms with van der Waals surface area (Å²) in [5.74, 6) is -1.54. The van der Waals surface area contributed by atoms with Gasteiger partial charge in [0.25, 0.3) is 5.91 Å². The molecule has 0 aromatic heterocycles. The summed E-state index contributed by atoms with van der Waals surface area (Å²) in [5, 5.41) is 22.3. The summed E-state index contributed by atoms with van der Waals surface area (Å²) < 4.78 is 5.60. The van der Waals surface area contributed by atoms with Gasteiger partial charge in [0, 0.05) is 0 Å². The number of hydrogen-bond acceptors (Lipinski definition) is 4. The zero-order valence-electron chi connectivity index (χ0n) is 16.6. The molecule has 154 valence electrons. The molecule has 6 nitrogen and oxygen atoms in total. The van der Waals surface area contributed by atoms with Gasteiger partial charge in [0.15, 0.2) is 0 Å². The van der Waals surface area contributed by atoms with Crippen LogP contribution in [-0.4, -0.2) is 28.7 Å². The van der Waals surface area contributed by atoms with Gasteiger partial charge in [-0.1, -0.05) is 49.7 Å². The Bertz CT molecular complexity index is 1050. The summed E-state index contributed by atoms with van der Waals surface area (Å²) in [7, 11) is 0. The minimum atomic E-state index is -1.16. The van der Waals surface area contributed by atoms with E-state index in [4.69, 9.17) is 4.74 Å². The number of carboxylic acid groups (broad SMARTS) is 1. The van der Waals surface area contributed by atoms with Gasteiger partial charge in [-0.3, -0.25) is 4.79 Å². The zero-order valence-corrected chi connectivity index (χ0v) is 16.6. The van der Waals surface area contributed by atoms with E-state index in [1.165, 1.54) is 18.2 Å². The van der Waals surface area contributed by atoms with E-state index in [0.29, 0.717) is 12.4 Å². The van der Waals surface area contributed by atoms with Crippen molar-refractivity contribution in [3.63, 3.8) is 0 Å². The molecule has 0 aliphatic heterocycles. The Labute approximate surface area is 174 Å². The van der Waals surface area contributed by atoms with E-state index in [2.05, 4.69) is 5.32 Å². The van der Waals surface area contributed by atoms with Gasteiger partial charge in [-0.25, -0.2) is 4.79 Å². The Balaban J connectivity index is 1.90. The molecule has 1 amide bonds. The number of phenols is 1. The van der Waals surface area contributed by atoms with Gasteiger partial charge in [0.2, 0.25) is 0 Å². The van der Waals surface area contributed by atoms with E-state index < -0.39 is 11.9 Å². The maximum absolute atomic E-state index is 12.8. The van der Waals surface area contributed by atoms with E-state index in [9.17, 15) is 19.8 Å². The molecule has 6 heteroatoms. The number of ether oxygens (including phenoxy) is 1. The summed E-state index contributed by atoms with van der Waals surface area (Å²) in [5.41, 5.74) is 1.75. The highest BCUT2D eigenvalue weighted by Gasteiger charge is 2.18. The first-order valence-electron chi connectivity index (χ1n) is 9.69. The Kier molecular flexibility index (Phi) is 6.70. The average molecular weight is 405 g/mol. The number of carbonyl (C=O) groups is 2. The Morgan fingerprint density at radius 3 is 2.40 bits per heavy atom. The lowest BCUT2D eigenvalue weighted by atomic mass is 10.0. The molecule has 3 aromatic carbocycles. The summed E-state index contributed by atoms with van der Waals surface area (Å²) >= 11 is 0. The summed E-state index contributed by atoms with van der Waals surface area (Å²) in [6, 6.07) is 18.6. The number of rotatable bonds is 8. The van der Waals surface area contributed by atoms with Gasteiger partial charge in [-0.05, 0) is 47.9 Å². The molecule has 3 rings (SSSR count). The molecule has 0 heterocycles. The Morgan fingerprint density at radius 1 is 0.933 bits per heavy atom. The number of benzene rings is 3. The fourth-order valence-electron chi connectivity index (χ4n) is 2.96. The number of phenolic OH excluding ortho intramolecular Hbond substituents is 1. The van der Waals surface area contributed by atoms with Crippen molar-refractivity contribution >= 4 is 17.6 Å². The SMILES string of the molecule is CCCCOc1ccc(O)c(C(=O)Nc2cc(-c3ccccc3)ccc2C(=O)O)c1. The van der Waals surface area contributed by atoms with Crippen LogP contribution in [0.3, 0.4) is 0 Å². The highest BCUT2D eigenvalue weighted by Crippen LogP contribution is 2.28. The van der Waals surface area contributed by atoms with E-state index in [1.807, 2.05) is 37.3 Å². The number of amides is 1. The predicted molar refractivity (Wildman–Crippen MR) is 115 cm³/mol. The second kappa shape index (κ2) is 9.60. The van der Waals surface area contributed by atoms with Crippen LogP contribution in [-0.2, 0) is 0 Å². The number of nitrogens with one attached hydrogen (secondary N) is 1. The summed E-state index contributed by atoms with van der Waals surface area (Å²) in [6.45, 7) is 2.55. The van der Waals surface area contributed by atoms with Crippen LogP contribution < -0.4 is 10.1 Å². The lowest BCUT2D eigenvalue weighted by Crippen LogP contribution is -2.15. The number of carbonyl (C=O) groups excluding carboxylic acids is 1. The van der Waals surface area contributed by atoms with Gasteiger partial charge in [0.1, 0.15) is 11.5 Å². The van der Waals surface area contributed by atoms with Crippen molar-refractivity contribution in [3.8, 4) is 22.6 Å². The van der Waals surface area contributed by atoms with Crippen molar-refractivity contribution < 1.29 is 24.5 Å². The Morgan fingerprint density at radius 2 is 1.70 bits per heavy atom. The van der Waals surface area contributed by atoms with Crippen molar-refractivity contribution in [1.29, 1.82) is 0 Å². The third kappa shape index (κ3) is 4.97. The molecular formula is C24H23NO5. The molecule has 3 aromatic rings. The summed E-state index contributed by atoms with van der Waals surface area (Å²) in [4.78, 5) is 24.5. The predicted octanol–water partition coefficient (Wildman–Crippen LogP) is 5.19. The van der Waals surface area contributed by atoms with E-state index >= 15 is 0 Å². The minimum absolute atomic E-state index is 0.00505. The van der Waals surface area contributed by atoms with E-state index in [1.54, 1.807) is 18.2 Å². The highest BCUT2D eigenvalue weighted by molar-refractivity contribution is 6.09. The number of anilines is 1. The van der Waals surface area contributed by atoms with Gasteiger partial charge in [0.05, 0.1) is 23.4 Å². The fourth-order valence-corrected chi connectivity index (χ4v) is 2.96. The number of unbranched alkanes of at least 4 members (excludes halogenated alkanes) is 1. The first kappa shape index (κ1) is 20.9. The van der Waals surface area contributed by atoms with Gasteiger partial charge >= 0.3 is 5.97 Å². The lowest BCUT2D eigenvalue weighted by Gasteiger charge is -2.13. The lowest BCUT2D eigenvalue weighted by molar-refractivity contribution is 0.0698.